The molecular weight excluding hydrogens is 262 g/mol. The Morgan fingerprint density at radius 2 is 1.86 bits per heavy atom. The van der Waals surface area contributed by atoms with Crippen LogP contribution >= 0.6 is 0 Å². The van der Waals surface area contributed by atoms with Gasteiger partial charge in [0.15, 0.2) is 5.82 Å². The van der Waals surface area contributed by atoms with Gasteiger partial charge in [-0.05, 0) is 12.8 Å². The molecule has 1 unspecified atom stereocenters. The summed E-state index contributed by atoms with van der Waals surface area (Å²) in [5.74, 6) is 1.88. The number of ether oxygens (including phenoxy) is 1. The van der Waals surface area contributed by atoms with E-state index >= 15 is 0 Å². The molecule has 21 heavy (non-hydrogen) atoms. The normalized spacial score (nSPS) is 12.4. The van der Waals surface area contributed by atoms with Crippen molar-refractivity contribution in [2.45, 2.75) is 26.9 Å². The Hall–Kier alpha value is -1.94. The van der Waals surface area contributed by atoms with Crippen LogP contribution < -0.4 is 5.32 Å². The predicted molar refractivity (Wildman–Crippen MR) is 86.2 cm³/mol. The molecule has 1 heterocycles. The van der Waals surface area contributed by atoms with Crippen molar-refractivity contribution in [2.24, 2.45) is 5.92 Å². The lowest BCUT2D eigenvalue weighted by atomic mass is 10.1. The molecular formula is C17H23N3O. The van der Waals surface area contributed by atoms with Gasteiger partial charge in [-0.15, -0.1) is 0 Å². The van der Waals surface area contributed by atoms with Crippen molar-refractivity contribution in [2.75, 3.05) is 19.0 Å². The Labute approximate surface area is 126 Å². The molecule has 0 fully saturated rings. The van der Waals surface area contributed by atoms with E-state index < -0.39 is 0 Å². The van der Waals surface area contributed by atoms with Gasteiger partial charge in [0.1, 0.15) is 11.9 Å². The minimum Gasteiger partial charge on any atom is -0.373 e. The fourth-order valence-electron chi connectivity index (χ4n) is 2.30. The molecule has 2 aromatic rings. The molecule has 112 valence electrons. The molecule has 0 amide bonds. The van der Waals surface area contributed by atoms with Gasteiger partial charge in [0, 0.05) is 25.3 Å². The second-order valence-corrected chi connectivity index (χ2v) is 5.29. The Kier molecular flexibility index (Phi) is 5.28. The van der Waals surface area contributed by atoms with Crippen molar-refractivity contribution in [1.29, 1.82) is 0 Å². The van der Waals surface area contributed by atoms with E-state index in [0.717, 1.165) is 29.4 Å². The van der Waals surface area contributed by atoms with Crippen LogP contribution in [0.25, 0.3) is 11.3 Å². The summed E-state index contributed by atoms with van der Waals surface area (Å²) in [5.41, 5.74) is 2.00. The standard InChI is InChI=1S/C17H23N3O/c1-5-18-15-11-14(13-9-7-6-8-10-13)19-17(20-15)16(21-4)12(2)3/h6-12,16H,5H2,1-4H3,(H,18,19,20). The van der Waals surface area contributed by atoms with E-state index in [1.807, 2.05) is 24.3 Å². The first-order valence-electron chi connectivity index (χ1n) is 7.36. The van der Waals surface area contributed by atoms with E-state index in [1.165, 1.54) is 0 Å². The van der Waals surface area contributed by atoms with Gasteiger partial charge in [-0.25, -0.2) is 9.97 Å². The van der Waals surface area contributed by atoms with Gasteiger partial charge < -0.3 is 10.1 Å². The van der Waals surface area contributed by atoms with Crippen LogP contribution in [0.15, 0.2) is 36.4 Å². The first-order valence-corrected chi connectivity index (χ1v) is 7.36. The zero-order valence-corrected chi connectivity index (χ0v) is 13.1. The van der Waals surface area contributed by atoms with Crippen LogP contribution in [0.5, 0.6) is 0 Å². The lowest BCUT2D eigenvalue weighted by Crippen LogP contribution is -2.14. The van der Waals surface area contributed by atoms with E-state index in [0.29, 0.717) is 5.92 Å². The Bertz CT molecular complexity index is 570. The van der Waals surface area contributed by atoms with Gasteiger partial charge >= 0.3 is 0 Å². The maximum Gasteiger partial charge on any atom is 0.160 e. The minimum atomic E-state index is -0.105. The summed E-state index contributed by atoms with van der Waals surface area (Å²) < 4.78 is 5.57. The number of aromatic nitrogens is 2. The zero-order valence-electron chi connectivity index (χ0n) is 13.1. The Balaban J connectivity index is 2.48. The van der Waals surface area contributed by atoms with Crippen LogP contribution in [0.3, 0.4) is 0 Å². The van der Waals surface area contributed by atoms with Crippen molar-refractivity contribution in [3.63, 3.8) is 0 Å². The van der Waals surface area contributed by atoms with E-state index in [9.17, 15) is 0 Å². The third-order valence-electron chi connectivity index (χ3n) is 3.28. The molecule has 1 aromatic carbocycles. The van der Waals surface area contributed by atoms with E-state index in [2.05, 4.69) is 43.2 Å². The third kappa shape index (κ3) is 3.79. The maximum absolute atomic E-state index is 5.57. The number of benzene rings is 1. The predicted octanol–water partition coefficient (Wildman–Crippen LogP) is 3.92. The number of nitrogens with zero attached hydrogens (tertiary/aromatic N) is 2. The number of anilines is 1. The van der Waals surface area contributed by atoms with Crippen LogP contribution in [-0.2, 0) is 4.74 Å². The fraction of sp³-hybridized carbons (Fsp3) is 0.412. The average Bonchev–Trinajstić information content (AvgIpc) is 2.48. The number of nitrogens with one attached hydrogen (secondary N) is 1. The summed E-state index contributed by atoms with van der Waals surface area (Å²) in [6.07, 6.45) is -0.105. The number of rotatable bonds is 6. The van der Waals surface area contributed by atoms with Gasteiger partial charge in [-0.3, -0.25) is 0 Å². The molecule has 0 aliphatic carbocycles. The van der Waals surface area contributed by atoms with E-state index in [4.69, 9.17) is 9.72 Å². The Morgan fingerprint density at radius 3 is 2.43 bits per heavy atom. The summed E-state index contributed by atoms with van der Waals surface area (Å²) in [6, 6.07) is 12.1. The van der Waals surface area contributed by atoms with Crippen molar-refractivity contribution < 1.29 is 4.74 Å². The second-order valence-electron chi connectivity index (χ2n) is 5.29. The quantitative estimate of drug-likeness (QED) is 0.874. The smallest absolute Gasteiger partial charge is 0.160 e. The third-order valence-corrected chi connectivity index (χ3v) is 3.28. The number of hydrogen-bond acceptors (Lipinski definition) is 4. The highest BCUT2D eigenvalue weighted by molar-refractivity contribution is 5.62. The second kappa shape index (κ2) is 7.18. The lowest BCUT2D eigenvalue weighted by molar-refractivity contribution is 0.0576. The van der Waals surface area contributed by atoms with Crippen molar-refractivity contribution in [1.82, 2.24) is 9.97 Å². The summed E-state index contributed by atoms with van der Waals surface area (Å²) in [5, 5.41) is 3.27. The monoisotopic (exact) mass is 285 g/mol. The first-order chi connectivity index (χ1) is 10.2. The van der Waals surface area contributed by atoms with Crippen molar-refractivity contribution in [3.05, 3.63) is 42.2 Å². The molecule has 4 nitrogen and oxygen atoms in total. The number of hydrogen-bond donors (Lipinski definition) is 1. The van der Waals surface area contributed by atoms with Crippen LogP contribution in [0.4, 0.5) is 5.82 Å². The molecule has 0 bridgehead atoms. The fourth-order valence-corrected chi connectivity index (χ4v) is 2.30. The highest BCUT2D eigenvalue weighted by Gasteiger charge is 2.20. The summed E-state index contributed by atoms with van der Waals surface area (Å²) >= 11 is 0. The molecule has 2 rings (SSSR count). The van der Waals surface area contributed by atoms with Gasteiger partial charge in [0.25, 0.3) is 0 Å². The van der Waals surface area contributed by atoms with E-state index in [1.54, 1.807) is 7.11 Å². The minimum absolute atomic E-state index is 0.105. The van der Waals surface area contributed by atoms with Gasteiger partial charge in [-0.2, -0.15) is 0 Å². The lowest BCUT2D eigenvalue weighted by Gasteiger charge is -2.19. The maximum atomic E-state index is 5.57. The molecule has 0 spiro atoms. The molecule has 1 aromatic heterocycles. The SMILES string of the molecule is CCNc1cc(-c2ccccc2)nc(C(OC)C(C)C)n1. The van der Waals surface area contributed by atoms with Gasteiger partial charge in [0.05, 0.1) is 5.69 Å². The molecule has 0 aliphatic heterocycles. The molecule has 0 saturated heterocycles. The molecule has 4 heteroatoms. The topological polar surface area (TPSA) is 47.0 Å². The van der Waals surface area contributed by atoms with Crippen LogP contribution in [0, 0.1) is 5.92 Å². The summed E-state index contributed by atoms with van der Waals surface area (Å²) in [7, 11) is 1.70. The van der Waals surface area contributed by atoms with Gasteiger partial charge in [-0.1, -0.05) is 44.2 Å². The number of methoxy groups -OCH3 is 1. The van der Waals surface area contributed by atoms with Crippen LogP contribution in [0.2, 0.25) is 0 Å². The highest BCUT2D eigenvalue weighted by atomic mass is 16.5. The van der Waals surface area contributed by atoms with Crippen LogP contribution in [0.1, 0.15) is 32.7 Å². The Morgan fingerprint density at radius 1 is 1.14 bits per heavy atom. The first kappa shape index (κ1) is 15.4. The molecule has 0 radical (unpaired) electrons. The molecule has 0 saturated carbocycles. The van der Waals surface area contributed by atoms with Crippen molar-refractivity contribution >= 4 is 5.82 Å². The van der Waals surface area contributed by atoms with Crippen molar-refractivity contribution in [3.8, 4) is 11.3 Å². The average molecular weight is 285 g/mol. The van der Waals surface area contributed by atoms with Crippen LogP contribution in [-0.4, -0.2) is 23.6 Å². The molecule has 1 atom stereocenters. The van der Waals surface area contributed by atoms with E-state index in [-0.39, 0.29) is 6.10 Å². The molecule has 0 aliphatic rings. The largest absolute Gasteiger partial charge is 0.373 e. The zero-order chi connectivity index (χ0) is 15.2. The highest BCUT2D eigenvalue weighted by Crippen LogP contribution is 2.26. The summed E-state index contributed by atoms with van der Waals surface area (Å²) in [6.45, 7) is 7.10. The summed E-state index contributed by atoms with van der Waals surface area (Å²) in [4.78, 5) is 9.30. The van der Waals surface area contributed by atoms with Gasteiger partial charge in [0.2, 0.25) is 0 Å². The molecule has 1 N–H and O–H groups in total.